The van der Waals surface area contributed by atoms with Gasteiger partial charge in [-0.2, -0.15) is 0 Å². The molecule has 76 valence electrons. The Morgan fingerprint density at radius 3 is 2.57 bits per heavy atom. The summed E-state index contributed by atoms with van der Waals surface area (Å²) in [6.45, 7) is 3.86. The number of carbonyl (C=O) groups excluding carboxylic acids is 2. The van der Waals surface area contributed by atoms with Gasteiger partial charge in [0.1, 0.15) is 6.10 Å². The number of hydrogen-bond donors (Lipinski definition) is 0. The molecule has 0 amide bonds. The smallest absolute Gasteiger partial charge is 0.334 e. The molecular formula is C10H12O4. The van der Waals surface area contributed by atoms with Crippen LogP contribution in [0.2, 0.25) is 0 Å². The van der Waals surface area contributed by atoms with E-state index in [0.717, 1.165) is 0 Å². The van der Waals surface area contributed by atoms with Crippen molar-refractivity contribution >= 4 is 11.9 Å². The average Bonchev–Trinajstić information content (AvgIpc) is 2.61. The van der Waals surface area contributed by atoms with Crippen molar-refractivity contribution in [2.75, 3.05) is 6.61 Å². The third kappa shape index (κ3) is 1.31. The second kappa shape index (κ2) is 3.12. The van der Waals surface area contributed by atoms with Crippen LogP contribution in [0.25, 0.3) is 0 Å². The molecule has 0 N–H and O–H groups in total. The van der Waals surface area contributed by atoms with Crippen LogP contribution in [-0.2, 0) is 19.1 Å². The van der Waals surface area contributed by atoms with Crippen LogP contribution in [0.5, 0.6) is 0 Å². The van der Waals surface area contributed by atoms with Crippen molar-refractivity contribution in [3.05, 3.63) is 11.6 Å². The molecule has 0 aromatic heterocycles. The Hall–Kier alpha value is -1.32. The van der Waals surface area contributed by atoms with Crippen molar-refractivity contribution in [1.29, 1.82) is 0 Å². The van der Waals surface area contributed by atoms with Gasteiger partial charge in [0.15, 0.2) is 0 Å². The third-order valence-electron chi connectivity index (χ3n) is 2.83. The maximum absolute atomic E-state index is 11.1. The van der Waals surface area contributed by atoms with E-state index in [1.807, 2.05) is 0 Å². The summed E-state index contributed by atoms with van der Waals surface area (Å²) in [5.41, 5.74) is 0.613. The highest BCUT2D eigenvalue weighted by atomic mass is 16.6. The number of cyclic esters (lactones) is 2. The zero-order valence-corrected chi connectivity index (χ0v) is 8.15. The van der Waals surface area contributed by atoms with Gasteiger partial charge < -0.3 is 9.47 Å². The number of esters is 2. The lowest BCUT2D eigenvalue weighted by Crippen LogP contribution is -2.26. The highest BCUT2D eigenvalue weighted by molar-refractivity contribution is 5.90. The molecule has 2 aliphatic heterocycles. The molecule has 0 bridgehead atoms. The predicted molar refractivity (Wildman–Crippen MR) is 47.3 cm³/mol. The first kappa shape index (κ1) is 9.24. The second-order valence-corrected chi connectivity index (χ2v) is 3.80. The highest BCUT2D eigenvalue weighted by Crippen LogP contribution is 2.30. The van der Waals surface area contributed by atoms with E-state index >= 15 is 0 Å². The summed E-state index contributed by atoms with van der Waals surface area (Å²) in [4.78, 5) is 22.2. The van der Waals surface area contributed by atoms with Crippen molar-refractivity contribution in [2.24, 2.45) is 11.8 Å². The minimum absolute atomic E-state index is 0.0242. The Bertz CT molecular complexity index is 318. The van der Waals surface area contributed by atoms with Crippen LogP contribution >= 0.6 is 0 Å². The van der Waals surface area contributed by atoms with E-state index in [-0.39, 0.29) is 29.9 Å². The average molecular weight is 196 g/mol. The van der Waals surface area contributed by atoms with Crippen LogP contribution < -0.4 is 0 Å². The van der Waals surface area contributed by atoms with E-state index in [2.05, 4.69) is 0 Å². The summed E-state index contributed by atoms with van der Waals surface area (Å²) in [6.07, 6.45) is 1.48. The van der Waals surface area contributed by atoms with Crippen molar-refractivity contribution in [2.45, 2.75) is 20.0 Å². The molecule has 0 aromatic carbocycles. The Morgan fingerprint density at radius 1 is 1.43 bits per heavy atom. The zero-order valence-electron chi connectivity index (χ0n) is 8.15. The molecule has 0 aliphatic carbocycles. The molecule has 0 unspecified atom stereocenters. The second-order valence-electron chi connectivity index (χ2n) is 3.80. The van der Waals surface area contributed by atoms with E-state index < -0.39 is 0 Å². The lowest BCUT2D eigenvalue weighted by Gasteiger charge is -2.16. The van der Waals surface area contributed by atoms with Crippen LogP contribution in [0.3, 0.4) is 0 Å². The molecule has 0 aromatic rings. The van der Waals surface area contributed by atoms with Crippen molar-refractivity contribution < 1.29 is 19.1 Å². The topological polar surface area (TPSA) is 52.6 Å². The molecule has 2 rings (SSSR count). The molecule has 4 nitrogen and oxygen atoms in total. The van der Waals surface area contributed by atoms with Gasteiger partial charge >= 0.3 is 11.9 Å². The van der Waals surface area contributed by atoms with E-state index in [1.165, 1.54) is 0 Å². The molecule has 1 fully saturated rings. The molecule has 2 heterocycles. The van der Waals surface area contributed by atoms with Gasteiger partial charge in [-0.1, -0.05) is 6.92 Å². The summed E-state index contributed by atoms with van der Waals surface area (Å²) in [6, 6.07) is 0. The van der Waals surface area contributed by atoms with Crippen molar-refractivity contribution in [3.63, 3.8) is 0 Å². The van der Waals surface area contributed by atoms with E-state index in [4.69, 9.17) is 9.47 Å². The predicted octanol–water partition coefficient (Wildman–Crippen LogP) is 0.667. The molecule has 0 saturated carbocycles. The highest BCUT2D eigenvalue weighted by Gasteiger charge is 2.41. The number of rotatable bonds is 1. The third-order valence-corrected chi connectivity index (χ3v) is 2.83. The fourth-order valence-electron chi connectivity index (χ4n) is 1.78. The molecule has 14 heavy (non-hydrogen) atoms. The first-order chi connectivity index (χ1) is 6.59. The maximum Gasteiger partial charge on any atom is 0.334 e. The van der Waals surface area contributed by atoms with Gasteiger partial charge in [-0.15, -0.1) is 0 Å². The lowest BCUT2D eigenvalue weighted by atomic mass is 9.91. The van der Waals surface area contributed by atoms with Gasteiger partial charge in [0, 0.05) is 11.5 Å². The lowest BCUT2D eigenvalue weighted by molar-refractivity contribution is -0.143. The first-order valence-corrected chi connectivity index (χ1v) is 4.65. The van der Waals surface area contributed by atoms with Crippen LogP contribution in [-0.4, -0.2) is 24.6 Å². The van der Waals surface area contributed by atoms with Crippen molar-refractivity contribution in [1.82, 2.24) is 0 Å². The molecule has 2 aliphatic rings. The monoisotopic (exact) mass is 196 g/mol. The molecule has 0 radical (unpaired) electrons. The SMILES string of the molecule is CC1=C[C@H]([C@H]2COC(=O)[C@@H]2C)OC1=O. The summed E-state index contributed by atoms with van der Waals surface area (Å²) in [5.74, 6) is -0.704. The Kier molecular flexibility index (Phi) is 2.06. The Morgan fingerprint density at radius 2 is 2.14 bits per heavy atom. The van der Waals surface area contributed by atoms with Gasteiger partial charge in [0.2, 0.25) is 0 Å². The molecule has 4 heteroatoms. The minimum Gasteiger partial charge on any atom is -0.465 e. The Balaban J connectivity index is 2.11. The van der Waals surface area contributed by atoms with E-state index in [0.29, 0.717) is 12.2 Å². The van der Waals surface area contributed by atoms with Crippen LogP contribution in [0.1, 0.15) is 13.8 Å². The zero-order chi connectivity index (χ0) is 10.3. The molecule has 3 atom stereocenters. The number of hydrogen-bond acceptors (Lipinski definition) is 4. The summed E-state index contributed by atoms with van der Waals surface area (Å²) < 4.78 is 10.0. The summed E-state index contributed by atoms with van der Waals surface area (Å²) in [7, 11) is 0. The quantitative estimate of drug-likeness (QED) is 0.578. The minimum atomic E-state index is -0.290. The van der Waals surface area contributed by atoms with E-state index in [1.54, 1.807) is 19.9 Å². The van der Waals surface area contributed by atoms with Gasteiger partial charge in [0.25, 0.3) is 0 Å². The number of ether oxygens (including phenoxy) is 2. The van der Waals surface area contributed by atoms with Crippen LogP contribution in [0.15, 0.2) is 11.6 Å². The standard InChI is InChI=1S/C10H12O4/c1-5-3-8(14-9(5)11)7-4-13-10(12)6(7)2/h3,6-8H,4H2,1-2H3/t6-,7+,8-/m1/s1. The summed E-state index contributed by atoms with van der Waals surface area (Å²) in [5, 5.41) is 0. The largest absolute Gasteiger partial charge is 0.465 e. The molecular weight excluding hydrogens is 184 g/mol. The van der Waals surface area contributed by atoms with Crippen molar-refractivity contribution in [3.8, 4) is 0 Å². The fourth-order valence-corrected chi connectivity index (χ4v) is 1.78. The van der Waals surface area contributed by atoms with Gasteiger partial charge in [0.05, 0.1) is 12.5 Å². The Labute approximate surface area is 81.9 Å². The summed E-state index contributed by atoms with van der Waals surface area (Å²) >= 11 is 0. The van der Waals surface area contributed by atoms with Crippen LogP contribution in [0, 0.1) is 11.8 Å². The number of carbonyl (C=O) groups is 2. The van der Waals surface area contributed by atoms with Gasteiger partial charge in [-0.25, -0.2) is 4.79 Å². The van der Waals surface area contributed by atoms with E-state index in [9.17, 15) is 9.59 Å². The molecule has 1 saturated heterocycles. The van der Waals surface area contributed by atoms with Gasteiger partial charge in [-0.3, -0.25) is 4.79 Å². The fraction of sp³-hybridized carbons (Fsp3) is 0.600. The first-order valence-electron chi connectivity index (χ1n) is 4.65. The van der Waals surface area contributed by atoms with Crippen LogP contribution in [0.4, 0.5) is 0 Å². The van der Waals surface area contributed by atoms with Gasteiger partial charge in [-0.05, 0) is 13.0 Å². The normalized spacial score (nSPS) is 36.7. The maximum atomic E-state index is 11.1. The molecule has 0 spiro atoms.